The molecule has 4 rings (SSSR count). The highest BCUT2D eigenvalue weighted by Gasteiger charge is 2.31. The maximum atomic E-state index is 13.1. The standard InChI is InChI=1S/C21H24N2O7S2/c1-31(25,26)17-5-2-4-16(14-17)21(24)22-8-10-23(11-9-22)32(27,28)18-6-7-19-20(15-18)30-13-3-12-29-19/h2,4-7,14-15H,3,8-13H2,1H3. The van der Waals surface area contributed by atoms with Crippen molar-refractivity contribution in [3.05, 3.63) is 48.0 Å². The maximum Gasteiger partial charge on any atom is 0.253 e. The number of amides is 1. The first-order valence-corrected chi connectivity index (χ1v) is 13.5. The van der Waals surface area contributed by atoms with Gasteiger partial charge in [-0.25, -0.2) is 16.8 Å². The minimum Gasteiger partial charge on any atom is -0.490 e. The Bertz CT molecular complexity index is 1230. The van der Waals surface area contributed by atoms with E-state index in [-0.39, 0.29) is 47.4 Å². The van der Waals surface area contributed by atoms with Crippen LogP contribution in [0.3, 0.4) is 0 Å². The number of hydrogen-bond acceptors (Lipinski definition) is 7. The van der Waals surface area contributed by atoms with Crippen LogP contribution in [-0.4, -0.2) is 77.6 Å². The molecule has 0 saturated carbocycles. The van der Waals surface area contributed by atoms with Crippen molar-refractivity contribution in [2.24, 2.45) is 0 Å². The van der Waals surface area contributed by atoms with E-state index >= 15 is 0 Å². The summed E-state index contributed by atoms with van der Waals surface area (Å²) in [6.07, 6.45) is 1.81. The van der Waals surface area contributed by atoms with Crippen molar-refractivity contribution in [2.75, 3.05) is 45.6 Å². The van der Waals surface area contributed by atoms with E-state index in [1.807, 2.05) is 0 Å². The average molecular weight is 481 g/mol. The maximum absolute atomic E-state index is 13.1. The first-order valence-electron chi connectivity index (χ1n) is 10.2. The summed E-state index contributed by atoms with van der Waals surface area (Å²) in [7, 11) is -7.20. The summed E-state index contributed by atoms with van der Waals surface area (Å²) in [4.78, 5) is 14.5. The highest BCUT2D eigenvalue weighted by atomic mass is 32.2. The number of nitrogens with zero attached hydrogens (tertiary/aromatic N) is 2. The third-order valence-corrected chi connectivity index (χ3v) is 8.40. The number of sulfonamides is 1. The molecule has 172 valence electrons. The molecule has 0 aliphatic carbocycles. The highest BCUT2D eigenvalue weighted by molar-refractivity contribution is 7.90. The lowest BCUT2D eigenvalue weighted by molar-refractivity contribution is 0.0697. The third-order valence-electron chi connectivity index (χ3n) is 5.39. The number of ether oxygens (including phenoxy) is 2. The number of fused-ring (bicyclic) bond motifs is 1. The molecular formula is C21H24N2O7S2. The molecule has 32 heavy (non-hydrogen) atoms. The largest absolute Gasteiger partial charge is 0.490 e. The van der Waals surface area contributed by atoms with Crippen LogP contribution in [0.15, 0.2) is 52.3 Å². The molecule has 2 aromatic rings. The lowest BCUT2D eigenvalue weighted by Crippen LogP contribution is -2.50. The summed E-state index contributed by atoms with van der Waals surface area (Å²) in [5, 5.41) is 0. The van der Waals surface area contributed by atoms with Gasteiger partial charge in [0.15, 0.2) is 21.3 Å². The van der Waals surface area contributed by atoms with Crippen LogP contribution in [0.25, 0.3) is 0 Å². The highest BCUT2D eigenvalue weighted by Crippen LogP contribution is 2.33. The monoisotopic (exact) mass is 480 g/mol. The van der Waals surface area contributed by atoms with Gasteiger partial charge in [-0.15, -0.1) is 0 Å². The van der Waals surface area contributed by atoms with Crippen molar-refractivity contribution in [1.29, 1.82) is 0 Å². The Hall–Kier alpha value is -2.63. The van der Waals surface area contributed by atoms with E-state index in [2.05, 4.69) is 0 Å². The van der Waals surface area contributed by atoms with Gasteiger partial charge in [-0.2, -0.15) is 4.31 Å². The van der Waals surface area contributed by atoms with E-state index in [0.29, 0.717) is 24.7 Å². The second-order valence-electron chi connectivity index (χ2n) is 7.66. The number of rotatable bonds is 4. The number of sulfone groups is 1. The Morgan fingerprint density at radius 1 is 0.844 bits per heavy atom. The summed E-state index contributed by atoms with van der Waals surface area (Å²) in [5.74, 6) is 0.597. The van der Waals surface area contributed by atoms with Gasteiger partial charge in [0.1, 0.15) is 0 Å². The third kappa shape index (κ3) is 4.59. The van der Waals surface area contributed by atoms with Crippen LogP contribution in [0.1, 0.15) is 16.8 Å². The van der Waals surface area contributed by atoms with Gasteiger partial charge in [0.25, 0.3) is 5.91 Å². The molecule has 1 fully saturated rings. The van der Waals surface area contributed by atoms with Gasteiger partial charge in [-0.05, 0) is 30.3 Å². The van der Waals surface area contributed by atoms with E-state index < -0.39 is 19.9 Å². The van der Waals surface area contributed by atoms with Crippen LogP contribution in [0.5, 0.6) is 11.5 Å². The minimum absolute atomic E-state index is 0.0685. The zero-order valence-corrected chi connectivity index (χ0v) is 19.2. The fourth-order valence-electron chi connectivity index (χ4n) is 3.63. The summed E-state index contributed by atoms with van der Waals surface area (Å²) in [6, 6.07) is 10.4. The molecule has 0 unspecified atom stereocenters. The number of carbonyl (C=O) groups is 1. The van der Waals surface area contributed by atoms with E-state index in [1.54, 1.807) is 12.1 Å². The van der Waals surface area contributed by atoms with E-state index in [0.717, 1.165) is 12.7 Å². The van der Waals surface area contributed by atoms with E-state index in [9.17, 15) is 21.6 Å². The molecule has 9 nitrogen and oxygen atoms in total. The zero-order chi connectivity index (χ0) is 22.9. The predicted molar refractivity (Wildman–Crippen MR) is 116 cm³/mol. The number of benzene rings is 2. The molecule has 0 N–H and O–H groups in total. The van der Waals surface area contributed by atoms with Crippen molar-refractivity contribution in [1.82, 2.24) is 9.21 Å². The number of piperazine rings is 1. The first-order chi connectivity index (χ1) is 15.2. The summed E-state index contributed by atoms with van der Waals surface area (Å²) < 4.78 is 62.3. The van der Waals surface area contributed by atoms with Crippen LogP contribution in [0.4, 0.5) is 0 Å². The lowest BCUT2D eigenvalue weighted by Gasteiger charge is -2.34. The van der Waals surface area contributed by atoms with Crippen LogP contribution in [0.2, 0.25) is 0 Å². The molecule has 2 aromatic carbocycles. The van der Waals surface area contributed by atoms with Gasteiger partial charge in [-0.1, -0.05) is 6.07 Å². The van der Waals surface area contributed by atoms with Crippen molar-refractivity contribution < 1.29 is 31.1 Å². The van der Waals surface area contributed by atoms with Gasteiger partial charge in [0, 0.05) is 50.5 Å². The Balaban J connectivity index is 1.46. The summed E-state index contributed by atoms with van der Waals surface area (Å²) in [5.41, 5.74) is 0.257. The predicted octanol–water partition coefficient (Wildman–Crippen LogP) is 1.40. The van der Waals surface area contributed by atoms with Crippen molar-refractivity contribution in [2.45, 2.75) is 16.2 Å². The first kappa shape index (κ1) is 22.6. The SMILES string of the molecule is CS(=O)(=O)c1cccc(C(=O)N2CCN(S(=O)(=O)c3ccc4c(c3)OCCCO4)CC2)c1. The lowest BCUT2D eigenvalue weighted by atomic mass is 10.2. The van der Waals surface area contributed by atoms with Gasteiger partial charge in [0.2, 0.25) is 10.0 Å². The summed E-state index contributed by atoms with van der Waals surface area (Å²) >= 11 is 0. The number of hydrogen-bond donors (Lipinski definition) is 0. The van der Waals surface area contributed by atoms with Crippen LogP contribution in [0, 0.1) is 0 Å². The molecule has 0 aromatic heterocycles. The zero-order valence-electron chi connectivity index (χ0n) is 17.6. The minimum atomic E-state index is -3.77. The summed E-state index contributed by atoms with van der Waals surface area (Å²) in [6.45, 7) is 1.64. The normalized spacial score (nSPS) is 17.6. The van der Waals surface area contributed by atoms with Gasteiger partial charge in [0.05, 0.1) is 23.0 Å². The van der Waals surface area contributed by atoms with Crippen LogP contribution >= 0.6 is 0 Å². The van der Waals surface area contributed by atoms with E-state index in [1.165, 1.54) is 39.5 Å². The Kier molecular flexibility index (Phi) is 6.15. The molecule has 2 heterocycles. The second-order valence-corrected chi connectivity index (χ2v) is 11.6. The molecular weight excluding hydrogens is 456 g/mol. The molecule has 0 radical (unpaired) electrons. The van der Waals surface area contributed by atoms with Crippen molar-refractivity contribution in [3.8, 4) is 11.5 Å². The fourth-order valence-corrected chi connectivity index (χ4v) is 5.73. The van der Waals surface area contributed by atoms with Gasteiger partial charge >= 0.3 is 0 Å². The van der Waals surface area contributed by atoms with Gasteiger partial charge < -0.3 is 14.4 Å². The average Bonchev–Trinajstić information content (AvgIpc) is 3.03. The molecule has 2 aliphatic heterocycles. The van der Waals surface area contributed by atoms with Gasteiger partial charge in [-0.3, -0.25) is 4.79 Å². The molecule has 11 heteroatoms. The van der Waals surface area contributed by atoms with Crippen LogP contribution < -0.4 is 9.47 Å². The molecule has 1 saturated heterocycles. The fraction of sp³-hybridized carbons (Fsp3) is 0.381. The Morgan fingerprint density at radius 3 is 2.22 bits per heavy atom. The van der Waals surface area contributed by atoms with Crippen molar-refractivity contribution >= 4 is 25.8 Å². The quantitative estimate of drug-likeness (QED) is 0.650. The van der Waals surface area contributed by atoms with Crippen LogP contribution in [-0.2, 0) is 19.9 Å². The van der Waals surface area contributed by atoms with Crippen molar-refractivity contribution in [3.63, 3.8) is 0 Å². The molecule has 1 amide bonds. The van der Waals surface area contributed by atoms with E-state index in [4.69, 9.17) is 9.47 Å². The molecule has 2 aliphatic rings. The Morgan fingerprint density at radius 2 is 1.53 bits per heavy atom. The second kappa shape index (κ2) is 8.72. The number of carbonyl (C=O) groups excluding carboxylic acids is 1. The molecule has 0 spiro atoms. The molecule has 0 bridgehead atoms. The smallest absolute Gasteiger partial charge is 0.253 e. The molecule has 0 atom stereocenters. The Labute approximate surface area is 187 Å². The topological polar surface area (TPSA) is 110 Å².